The average Bonchev–Trinajstić information content (AvgIpc) is 2.58. The highest BCUT2D eigenvalue weighted by atomic mass is 16.5. The van der Waals surface area contributed by atoms with Crippen LogP contribution in [0.1, 0.15) is 18.2 Å². The first-order valence-electron chi connectivity index (χ1n) is 7.93. The Hall–Kier alpha value is -2.17. The highest BCUT2D eigenvalue weighted by Gasteiger charge is 2.27. The van der Waals surface area contributed by atoms with Crippen molar-refractivity contribution in [3.63, 3.8) is 0 Å². The van der Waals surface area contributed by atoms with Crippen LogP contribution in [-0.4, -0.2) is 34.4 Å². The zero-order valence-electron chi connectivity index (χ0n) is 13.6. The molecule has 1 aromatic heterocycles. The van der Waals surface area contributed by atoms with E-state index in [0.29, 0.717) is 13.2 Å². The molecule has 4 heteroatoms. The van der Waals surface area contributed by atoms with Crippen LogP contribution in [0.2, 0.25) is 0 Å². The topological polar surface area (TPSA) is 45.6 Å². The number of hydrogen-bond acceptors (Lipinski definition) is 4. The molecular weight excluding hydrogens is 288 g/mol. The van der Waals surface area contributed by atoms with E-state index in [0.717, 1.165) is 34.5 Å². The molecule has 2 aliphatic rings. The number of aryl methyl sites for hydroxylation is 1. The van der Waals surface area contributed by atoms with E-state index in [1.54, 1.807) is 0 Å². The van der Waals surface area contributed by atoms with Crippen LogP contribution in [0.15, 0.2) is 65.7 Å². The molecule has 0 radical (unpaired) electrons. The quantitative estimate of drug-likeness (QED) is 0.908. The molecule has 0 spiro atoms. The molecule has 1 N–H and O–H groups in total. The second-order valence-electron chi connectivity index (χ2n) is 5.75. The predicted molar refractivity (Wildman–Crippen MR) is 90.4 cm³/mol. The van der Waals surface area contributed by atoms with E-state index in [1.807, 2.05) is 49.4 Å². The maximum Gasteiger partial charge on any atom is 0.155 e. The molecule has 0 fully saturated rings. The van der Waals surface area contributed by atoms with Gasteiger partial charge in [0.15, 0.2) is 6.23 Å². The van der Waals surface area contributed by atoms with Crippen molar-refractivity contribution >= 4 is 0 Å². The molecule has 1 aromatic rings. The third-order valence-electron chi connectivity index (χ3n) is 3.99. The minimum absolute atomic E-state index is 0.434. The molecule has 23 heavy (non-hydrogen) atoms. The average molecular weight is 310 g/mol. The van der Waals surface area contributed by atoms with Gasteiger partial charge in [-0.25, -0.2) is 0 Å². The van der Waals surface area contributed by atoms with E-state index >= 15 is 0 Å². The van der Waals surface area contributed by atoms with Crippen molar-refractivity contribution in [3.05, 3.63) is 76.9 Å². The van der Waals surface area contributed by atoms with Gasteiger partial charge in [-0.05, 0) is 43.2 Å². The number of hydrogen-bond donors (Lipinski definition) is 1. The van der Waals surface area contributed by atoms with E-state index < -0.39 is 6.23 Å². The standard InChI is InChI=1S/C19H22N2O2/c1-3-23-13-16-10-15(11-17-8-7-14(2)12-20-17)18-6-4-5-9-21(18)19(16)22/h4-10,12,19,22H,3,11,13H2,1-2H3. The fraction of sp³-hybridized carbons (Fsp3) is 0.316. The molecule has 1 unspecified atom stereocenters. The second-order valence-corrected chi connectivity index (χ2v) is 5.75. The van der Waals surface area contributed by atoms with E-state index in [9.17, 15) is 5.11 Å². The van der Waals surface area contributed by atoms with Gasteiger partial charge in [-0.15, -0.1) is 0 Å². The van der Waals surface area contributed by atoms with Crippen molar-refractivity contribution in [2.75, 3.05) is 13.2 Å². The van der Waals surface area contributed by atoms with Crippen LogP contribution < -0.4 is 0 Å². The van der Waals surface area contributed by atoms with Crippen LogP contribution >= 0.6 is 0 Å². The monoisotopic (exact) mass is 310 g/mol. The Bertz CT molecular complexity index is 684. The lowest BCUT2D eigenvalue weighted by Gasteiger charge is -2.35. The van der Waals surface area contributed by atoms with Crippen LogP contribution in [0.5, 0.6) is 0 Å². The highest BCUT2D eigenvalue weighted by Crippen LogP contribution is 2.30. The van der Waals surface area contributed by atoms with Gasteiger partial charge in [0.25, 0.3) is 0 Å². The number of pyridine rings is 1. The molecule has 2 aliphatic heterocycles. The zero-order chi connectivity index (χ0) is 16.2. The third kappa shape index (κ3) is 3.44. The number of ether oxygens (including phenoxy) is 1. The maximum atomic E-state index is 10.6. The number of fused-ring (bicyclic) bond motifs is 1. The van der Waals surface area contributed by atoms with Crippen molar-refractivity contribution in [2.45, 2.75) is 26.5 Å². The number of aromatic nitrogens is 1. The summed E-state index contributed by atoms with van der Waals surface area (Å²) < 4.78 is 5.50. The summed E-state index contributed by atoms with van der Waals surface area (Å²) in [6.45, 7) is 5.05. The van der Waals surface area contributed by atoms with Crippen molar-refractivity contribution < 1.29 is 9.84 Å². The fourth-order valence-corrected chi connectivity index (χ4v) is 2.77. The van der Waals surface area contributed by atoms with Crippen molar-refractivity contribution in [3.8, 4) is 0 Å². The zero-order valence-corrected chi connectivity index (χ0v) is 13.6. The minimum atomic E-state index is -0.674. The van der Waals surface area contributed by atoms with E-state index in [-0.39, 0.29) is 0 Å². The maximum absolute atomic E-state index is 10.6. The Balaban J connectivity index is 1.93. The van der Waals surface area contributed by atoms with Crippen LogP contribution in [0.25, 0.3) is 0 Å². The van der Waals surface area contributed by atoms with Crippen molar-refractivity contribution in [1.29, 1.82) is 0 Å². The van der Waals surface area contributed by atoms with Crippen LogP contribution in [0.4, 0.5) is 0 Å². The molecule has 4 nitrogen and oxygen atoms in total. The summed E-state index contributed by atoms with van der Waals surface area (Å²) in [7, 11) is 0. The summed E-state index contributed by atoms with van der Waals surface area (Å²) in [6.07, 6.45) is 11.8. The summed E-state index contributed by atoms with van der Waals surface area (Å²) in [5.41, 5.74) is 5.20. The van der Waals surface area contributed by atoms with Crippen molar-refractivity contribution in [2.24, 2.45) is 0 Å². The largest absolute Gasteiger partial charge is 0.377 e. The summed E-state index contributed by atoms with van der Waals surface area (Å²) in [6, 6.07) is 4.13. The lowest BCUT2D eigenvalue weighted by atomic mass is 9.96. The molecule has 0 aromatic carbocycles. The molecule has 3 heterocycles. The SMILES string of the molecule is CCOCC1=CC(Cc2ccc(C)cn2)=C2C=CC=CN2C1O. The van der Waals surface area contributed by atoms with Gasteiger partial charge in [-0.2, -0.15) is 0 Å². The van der Waals surface area contributed by atoms with Gasteiger partial charge in [0.1, 0.15) is 0 Å². The molecule has 3 rings (SSSR count). The minimum Gasteiger partial charge on any atom is -0.377 e. The molecular formula is C19H22N2O2. The molecule has 0 aliphatic carbocycles. The van der Waals surface area contributed by atoms with Crippen LogP contribution in [-0.2, 0) is 11.2 Å². The van der Waals surface area contributed by atoms with Gasteiger partial charge < -0.3 is 14.7 Å². The first-order valence-corrected chi connectivity index (χ1v) is 7.93. The number of aliphatic hydroxyl groups excluding tert-OH is 1. The summed E-state index contributed by atoms with van der Waals surface area (Å²) in [5, 5.41) is 10.6. The van der Waals surface area contributed by atoms with Gasteiger partial charge in [0.2, 0.25) is 0 Å². The highest BCUT2D eigenvalue weighted by molar-refractivity contribution is 5.45. The first kappa shape index (κ1) is 15.7. The van der Waals surface area contributed by atoms with Crippen LogP contribution in [0, 0.1) is 6.92 Å². The molecule has 0 amide bonds. The lowest BCUT2D eigenvalue weighted by Crippen LogP contribution is -2.37. The number of nitrogens with zero attached hydrogens (tertiary/aromatic N) is 2. The predicted octanol–water partition coefficient (Wildman–Crippen LogP) is 2.87. The number of aliphatic hydroxyl groups is 1. The molecule has 120 valence electrons. The van der Waals surface area contributed by atoms with Gasteiger partial charge in [-0.3, -0.25) is 4.98 Å². The fourth-order valence-electron chi connectivity index (χ4n) is 2.77. The normalized spacial score (nSPS) is 19.9. The number of rotatable bonds is 5. The molecule has 0 saturated heterocycles. The Morgan fingerprint density at radius 2 is 2.17 bits per heavy atom. The smallest absolute Gasteiger partial charge is 0.155 e. The second kappa shape index (κ2) is 6.94. The summed E-state index contributed by atoms with van der Waals surface area (Å²) in [5.74, 6) is 0. The Kier molecular flexibility index (Phi) is 4.74. The van der Waals surface area contributed by atoms with Crippen molar-refractivity contribution in [1.82, 2.24) is 9.88 Å². The Morgan fingerprint density at radius 3 is 2.91 bits per heavy atom. The third-order valence-corrected chi connectivity index (χ3v) is 3.99. The molecule has 0 bridgehead atoms. The first-order chi connectivity index (χ1) is 11.2. The van der Waals surface area contributed by atoms with Gasteiger partial charge >= 0.3 is 0 Å². The van der Waals surface area contributed by atoms with E-state index in [4.69, 9.17) is 4.74 Å². The van der Waals surface area contributed by atoms with Crippen LogP contribution in [0.3, 0.4) is 0 Å². The summed E-state index contributed by atoms with van der Waals surface area (Å²) in [4.78, 5) is 6.39. The Labute approximate surface area is 137 Å². The number of allylic oxidation sites excluding steroid dienone is 5. The van der Waals surface area contributed by atoms with Gasteiger partial charge in [-0.1, -0.05) is 18.2 Å². The van der Waals surface area contributed by atoms with E-state index in [1.165, 1.54) is 0 Å². The molecule has 1 atom stereocenters. The Morgan fingerprint density at radius 1 is 1.30 bits per heavy atom. The molecule has 0 saturated carbocycles. The van der Waals surface area contributed by atoms with E-state index in [2.05, 4.69) is 23.2 Å². The van der Waals surface area contributed by atoms with Gasteiger partial charge in [0, 0.05) is 42.4 Å². The van der Waals surface area contributed by atoms with Gasteiger partial charge in [0.05, 0.1) is 6.61 Å². The summed E-state index contributed by atoms with van der Waals surface area (Å²) >= 11 is 0. The lowest BCUT2D eigenvalue weighted by molar-refractivity contribution is 0.0668.